The van der Waals surface area contributed by atoms with Crippen molar-refractivity contribution in [3.8, 4) is 5.75 Å². The van der Waals surface area contributed by atoms with Crippen molar-refractivity contribution in [2.45, 2.75) is 18.8 Å². The van der Waals surface area contributed by atoms with Gasteiger partial charge in [-0.05, 0) is 11.6 Å². The molecule has 25 heavy (non-hydrogen) atoms. The number of benzene rings is 2. The Labute approximate surface area is 151 Å². The van der Waals surface area contributed by atoms with E-state index in [1.165, 1.54) is 7.11 Å². The maximum atomic E-state index is 11.7. The Morgan fingerprint density at radius 1 is 1.16 bits per heavy atom. The van der Waals surface area contributed by atoms with Crippen molar-refractivity contribution in [1.29, 1.82) is 0 Å². The highest BCUT2D eigenvalue weighted by Gasteiger charge is 2.23. The van der Waals surface area contributed by atoms with Gasteiger partial charge in [-0.1, -0.05) is 54.1 Å². The van der Waals surface area contributed by atoms with Gasteiger partial charge in [0.05, 0.1) is 12.1 Å². The lowest BCUT2D eigenvalue weighted by Crippen LogP contribution is -2.35. The van der Waals surface area contributed by atoms with E-state index in [1.807, 2.05) is 30.3 Å². The molecule has 2 rings (SSSR count). The van der Waals surface area contributed by atoms with Crippen molar-refractivity contribution >= 4 is 17.7 Å². The second-order valence-electron chi connectivity index (χ2n) is 5.32. The minimum atomic E-state index is -1.27. The molecule has 2 unspecified atom stereocenters. The van der Waals surface area contributed by atoms with E-state index in [4.69, 9.17) is 21.1 Å². The van der Waals surface area contributed by atoms with Crippen LogP contribution in [0.5, 0.6) is 5.75 Å². The zero-order valence-electron chi connectivity index (χ0n) is 13.7. The van der Waals surface area contributed by atoms with E-state index in [0.717, 1.165) is 5.56 Å². The third-order valence-corrected chi connectivity index (χ3v) is 3.85. The zero-order valence-corrected chi connectivity index (χ0v) is 14.4. The van der Waals surface area contributed by atoms with E-state index in [9.17, 15) is 15.0 Å². The predicted molar refractivity (Wildman–Crippen MR) is 93.6 cm³/mol. The Balaban J connectivity index is 1.86. The first kappa shape index (κ1) is 19.1. The molecule has 134 valence electrons. The Morgan fingerprint density at radius 2 is 1.88 bits per heavy atom. The Bertz CT molecular complexity index is 695. The molecule has 0 bridgehead atoms. The Hall–Kier alpha value is -2.28. The Morgan fingerprint density at radius 3 is 2.56 bits per heavy atom. The largest absolute Gasteiger partial charge is 0.495 e. The molecule has 2 aromatic rings. The second-order valence-corrected chi connectivity index (χ2v) is 5.72. The van der Waals surface area contributed by atoms with Gasteiger partial charge < -0.3 is 25.0 Å². The third kappa shape index (κ3) is 5.35. The molecule has 0 aromatic heterocycles. The molecule has 0 saturated heterocycles. The number of methoxy groups -OCH3 is 1. The van der Waals surface area contributed by atoms with Gasteiger partial charge in [0.25, 0.3) is 0 Å². The molecular weight excluding hydrogens is 346 g/mol. The molecule has 0 radical (unpaired) electrons. The van der Waals surface area contributed by atoms with Crippen LogP contribution in [0.3, 0.4) is 0 Å². The number of nitrogens with one attached hydrogen (secondary N) is 1. The standard InChI is InChI=1S/C18H20ClNO5/c1-24-17-13(8-5-9-14(17)19)16(22)15(21)10-20-18(23)25-11-12-6-3-2-4-7-12/h2-9,15-16,21-22H,10-11H2,1H3,(H,20,23). The highest BCUT2D eigenvalue weighted by Crippen LogP contribution is 2.33. The number of ether oxygens (including phenoxy) is 2. The summed E-state index contributed by atoms with van der Waals surface area (Å²) in [5, 5.41) is 23.1. The summed E-state index contributed by atoms with van der Waals surface area (Å²) in [4.78, 5) is 11.7. The van der Waals surface area contributed by atoms with Gasteiger partial charge in [0.1, 0.15) is 24.6 Å². The van der Waals surface area contributed by atoms with Crippen molar-refractivity contribution in [1.82, 2.24) is 5.32 Å². The normalized spacial score (nSPS) is 13.0. The molecule has 0 fully saturated rings. The smallest absolute Gasteiger partial charge is 0.407 e. The molecule has 2 atom stereocenters. The van der Waals surface area contributed by atoms with Crippen molar-refractivity contribution < 1.29 is 24.5 Å². The first-order valence-electron chi connectivity index (χ1n) is 7.66. The lowest BCUT2D eigenvalue weighted by molar-refractivity contribution is 0.0171. The summed E-state index contributed by atoms with van der Waals surface area (Å²) >= 11 is 6.00. The van der Waals surface area contributed by atoms with Gasteiger partial charge in [-0.2, -0.15) is 0 Å². The van der Waals surface area contributed by atoms with Crippen molar-refractivity contribution in [2.24, 2.45) is 0 Å². The number of aliphatic hydroxyl groups excluding tert-OH is 2. The third-order valence-electron chi connectivity index (χ3n) is 3.55. The van der Waals surface area contributed by atoms with Crippen LogP contribution in [0.15, 0.2) is 48.5 Å². The quantitative estimate of drug-likeness (QED) is 0.702. The van der Waals surface area contributed by atoms with Gasteiger partial charge in [-0.3, -0.25) is 0 Å². The van der Waals surface area contributed by atoms with Crippen LogP contribution in [0.2, 0.25) is 5.02 Å². The average Bonchev–Trinajstić information content (AvgIpc) is 2.64. The van der Waals surface area contributed by atoms with E-state index in [0.29, 0.717) is 10.6 Å². The second kappa shape index (κ2) is 9.27. The number of rotatable bonds is 7. The molecule has 6 nitrogen and oxygen atoms in total. The number of hydrogen-bond donors (Lipinski definition) is 3. The molecule has 3 N–H and O–H groups in total. The summed E-state index contributed by atoms with van der Waals surface area (Å²) in [6.07, 6.45) is -3.21. The van der Waals surface area contributed by atoms with Gasteiger partial charge in [0, 0.05) is 12.1 Å². The fraction of sp³-hybridized carbons (Fsp3) is 0.278. The summed E-state index contributed by atoms with van der Waals surface area (Å²) < 4.78 is 10.2. The van der Waals surface area contributed by atoms with Crippen LogP contribution in [0.1, 0.15) is 17.2 Å². The van der Waals surface area contributed by atoms with Gasteiger partial charge in [-0.15, -0.1) is 0 Å². The number of aliphatic hydroxyl groups is 2. The van der Waals surface area contributed by atoms with Crippen LogP contribution in [0, 0.1) is 0 Å². The summed E-state index contributed by atoms with van der Waals surface area (Å²) in [7, 11) is 1.42. The van der Waals surface area contributed by atoms with Crippen LogP contribution in [-0.2, 0) is 11.3 Å². The maximum Gasteiger partial charge on any atom is 0.407 e. The monoisotopic (exact) mass is 365 g/mol. The van der Waals surface area contributed by atoms with Gasteiger partial charge in [0.15, 0.2) is 0 Å². The highest BCUT2D eigenvalue weighted by atomic mass is 35.5. The molecule has 2 aromatic carbocycles. The fourth-order valence-electron chi connectivity index (χ4n) is 2.25. The van der Waals surface area contributed by atoms with Gasteiger partial charge >= 0.3 is 6.09 Å². The number of para-hydroxylation sites is 1. The molecular formula is C18H20ClNO5. The average molecular weight is 366 g/mol. The number of alkyl carbamates (subject to hydrolysis) is 1. The van der Waals surface area contributed by atoms with Crippen LogP contribution in [-0.4, -0.2) is 36.1 Å². The molecule has 0 spiro atoms. The summed E-state index contributed by atoms with van der Waals surface area (Å²) in [5.41, 5.74) is 1.18. The lowest BCUT2D eigenvalue weighted by Gasteiger charge is -2.21. The number of hydrogen-bond acceptors (Lipinski definition) is 5. The topological polar surface area (TPSA) is 88.0 Å². The molecule has 0 aliphatic carbocycles. The molecule has 0 aliphatic heterocycles. The summed E-state index contributed by atoms with van der Waals surface area (Å²) in [5.74, 6) is 0.280. The molecule has 0 saturated carbocycles. The molecule has 1 amide bonds. The number of carbonyl (C=O) groups is 1. The van der Waals surface area contributed by atoms with Gasteiger partial charge in [-0.25, -0.2) is 4.79 Å². The summed E-state index contributed by atoms with van der Waals surface area (Å²) in [6.45, 7) is -0.0715. The van der Waals surface area contributed by atoms with Crippen molar-refractivity contribution in [3.63, 3.8) is 0 Å². The maximum absolute atomic E-state index is 11.7. The predicted octanol–water partition coefficient (Wildman–Crippen LogP) is 2.67. The Kier molecular flexibility index (Phi) is 7.06. The van der Waals surface area contributed by atoms with Gasteiger partial charge in [0.2, 0.25) is 0 Å². The number of amides is 1. The van der Waals surface area contributed by atoms with E-state index in [2.05, 4.69) is 5.32 Å². The van der Waals surface area contributed by atoms with Crippen molar-refractivity contribution in [3.05, 3.63) is 64.7 Å². The van der Waals surface area contributed by atoms with Crippen LogP contribution in [0.4, 0.5) is 4.79 Å². The fourth-order valence-corrected chi connectivity index (χ4v) is 2.51. The lowest BCUT2D eigenvalue weighted by atomic mass is 10.0. The zero-order chi connectivity index (χ0) is 18.2. The first-order valence-corrected chi connectivity index (χ1v) is 8.03. The van der Waals surface area contributed by atoms with E-state index in [-0.39, 0.29) is 18.9 Å². The summed E-state index contributed by atoms with van der Waals surface area (Å²) in [6, 6.07) is 14.1. The first-order chi connectivity index (χ1) is 12.0. The molecule has 0 heterocycles. The SMILES string of the molecule is COc1c(Cl)cccc1C(O)C(O)CNC(=O)OCc1ccccc1. The highest BCUT2D eigenvalue weighted by molar-refractivity contribution is 6.32. The number of halogens is 1. The van der Waals surface area contributed by atoms with E-state index in [1.54, 1.807) is 18.2 Å². The number of carbonyl (C=O) groups excluding carboxylic acids is 1. The van der Waals surface area contributed by atoms with Crippen LogP contribution < -0.4 is 10.1 Å². The molecule has 7 heteroatoms. The minimum absolute atomic E-state index is 0.118. The van der Waals surface area contributed by atoms with Crippen LogP contribution in [0.25, 0.3) is 0 Å². The van der Waals surface area contributed by atoms with E-state index >= 15 is 0 Å². The molecule has 0 aliphatic rings. The van der Waals surface area contributed by atoms with E-state index < -0.39 is 18.3 Å². The van der Waals surface area contributed by atoms with Crippen LogP contribution >= 0.6 is 11.6 Å². The minimum Gasteiger partial charge on any atom is -0.495 e. The van der Waals surface area contributed by atoms with Crippen molar-refractivity contribution in [2.75, 3.05) is 13.7 Å².